The molecule has 33 nitrogen and oxygen atoms in total. The normalized spacial score (nSPS) is 14.9. The molecule has 0 spiro atoms. The van der Waals surface area contributed by atoms with Gasteiger partial charge in [-0.05, 0) is 195 Å². The maximum absolute atomic E-state index is 14.5. The number of nitrogens with two attached hydrogens (primary N) is 6. The first-order valence-electron chi connectivity index (χ1n) is 39.1. The van der Waals surface area contributed by atoms with E-state index >= 15 is 0 Å². The van der Waals surface area contributed by atoms with E-state index in [1.807, 2.05) is 65.8 Å². The Morgan fingerprint density at radius 2 is 0.633 bits per heavy atom. The van der Waals surface area contributed by atoms with Crippen LogP contribution in [0.25, 0.3) is 10.9 Å². The van der Waals surface area contributed by atoms with Crippen LogP contribution in [0.1, 0.15) is 204 Å². The number of aliphatic hydroxyl groups excluding tert-OH is 1. The van der Waals surface area contributed by atoms with Crippen molar-refractivity contribution in [1.29, 1.82) is 0 Å². The third-order valence-corrected chi connectivity index (χ3v) is 18.1. The standard InChI is InChI=1S/C76H135N19O14/c1-43(2)33-57(67(100)84-41-64(97)85-54(26-16-20-30-78)68(101)90-60(36-46(7)8)73(106)93-58(34-44(3)4)71(104)86-53(65(82)98)25-15-19-29-77)89-72(105)59(35-45(5)6)92-70(103)56(28-18-22-32-80)88-76(109)63(42-96)95-75(108)62(38-48(11)12)94-74(107)61(37-47(9)10)91-69(102)55(27-17-21-31-79)87-66(99)51(81)39-49-40-83-52-24-14-13-23-50(49)52/h13-14,23-24,40,43-48,51,53-63,83,96H,15-22,25-39,41-42,77-81H2,1-12H3,(H2,82,98)(H,84,100)(H,85,97)(H,86,104)(H,87,99)(H,88,109)(H,89,105)(H,90,101)(H,91,102)(H,92,103)(H,93,106)(H,94,107)(H,95,108)/t51-,53-,54-,55-,56-,57-,58-,59-,60-,61-,62-,63-/m0/s1. The molecule has 12 atom stereocenters. The number of hydrogen-bond acceptors (Lipinski definition) is 19. The minimum Gasteiger partial charge on any atom is -0.394 e. The Bertz CT molecular complexity index is 3180. The Balaban J connectivity index is 2.34. The van der Waals surface area contributed by atoms with Gasteiger partial charge in [0.25, 0.3) is 0 Å². The summed E-state index contributed by atoms with van der Waals surface area (Å²) in [6.07, 6.45) is 6.72. The van der Waals surface area contributed by atoms with Gasteiger partial charge in [-0.15, -0.1) is 0 Å². The Kier molecular flexibility index (Phi) is 46.1. The monoisotopic (exact) mass is 1540 g/mol. The van der Waals surface area contributed by atoms with Crippen molar-refractivity contribution in [2.75, 3.05) is 39.3 Å². The fraction of sp³-hybridized carbons (Fsp3) is 0.724. The highest BCUT2D eigenvalue weighted by Crippen LogP contribution is 2.20. The van der Waals surface area contributed by atoms with E-state index in [9.17, 15) is 67.4 Å². The number of benzene rings is 1. The average Bonchev–Trinajstić information content (AvgIpc) is 1.71. The number of H-pyrrole nitrogens is 1. The molecule has 0 bridgehead atoms. The number of aromatic amines is 1. The van der Waals surface area contributed by atoms with Gasteiger partial charge < -0.3 is 108 Å². The third-order valence-electron chi connectivity index (χ3n) is 18.1. The molecule has 2 aromatic rings. The minimum absolute atomic E-state index is 0.0120. The summed E-state index contributed by atoms with van der Waals surface area (Å²) in [5.41, 5.74) is 36.8. The topological polar surface area (TPSA) is 558 Å². The van der Waals surface area contributed by atoms with Crippen LogP contribution in [-0.4, -0.2) is 199 Å². The van der Waals surface area contributed by atoms with E-state index in [1.165, 1.54) is 0 Å². The summed E-state index contributed by atoms with van der Waals surface area (Å²) in [6, 6.07) is -7.25. The minimum atomic E-state index is -1.68. The van der Waals surface area contributed by atoms with Gasteiger partial charge in [-0.2, -0.15) is 0 Å². The van der Waals surface area contributed by atoms with Gasteiger partial charge in [0.1, 0.15) is 66.5 Å². The molecule has 2 rings (SSSR count). The maximum atomic E-state index is 14.5. The van der Waals surface area contributed by atoms with Crippen molar-refractivity contribution in [3.63, 3.8) is 0 Å². The number of para-hydroxylation sites is 1. The molecule has 0 unspecified atom stereocenters. The number of amides is 13. The zero-order valence-electron chi connectivity index (χ0n) is 66.7. The van der Waals surface area contributed by atoms with E-state index in [1.54, 1.807) is 47.7 Å². The summed E-state index contributed by atoms with van der Waals surface area (Å²) >= 11 is 0. The van der Waals surface area contributed by atoms with Crippen molar-refractivity contribution in [2.24, 2.45) is 69.9 Å². The van der Waals surface area contributed by atoms with Crippen LogP contribution >= 0.6 is 0 Å². The first-order valence-corrected chi connectivity index (χ1v) is 39.1. The molecule has 0 aliphatic heterocycles. The van der Waals surface area contributed by atoms with E-state index in [0.717, 1.165) is 16.5 Å². The Morgan fingerprint density at radius 1 is 0.358 bits per heavy atom. The number of fused-ring (bicyclic) bond motifs is 1. The number of rotatable bonds is 56. The molecule has 33 heteroatoms. The first-order chi connectivity index (χ1) is 51.5. The zero-order chi connectivity index (χ0) is 82.0. The Morgan fingerprint density at radius 3 is 0.963 bits per heavy atom. The number of unbranched alkanes of at least 4 members (excludes halogenated alkanes) is 4. The molecule has 0 radical (unpaired) electrons. The molecule has 1 aromatic heterocycles. The van der Waals surface area contributed by atoms with E-state index < -0.39 is 162 Å². The molecule has 109 heavy (non-hydrogen) atoms. The highest BCUT2D eigenvalue weighted by atomic mass is 16.3. The van der Waals surface area contributed by atoms with Gasteiger partial charge in [-0.1, -0.05) is 101 Å². The number of hydrogen-bond donors (Lipinski definition) is 20. The van der Waals surface area contributed by atoms with Crippen LogP contribution in [0.15, 0.2) is 30.5 Å². The van der Waals surface area contributed by atoms with Crippen LogP contribution in [0, 0.1) is 35.5 Å². The zero-order valence-corrected chi connectivity index (χ0v) is 66.7. The molecule has 1 aromatic carbocycles. The van der Waals surface area contributed by atoms with Crippen LogP contribution < -0.4 is 98.2 Å². The summed E-state index contributed by atoms with van der Waals surface area (Å²) in [4.78, 5) is 185. The Labute approximate surface area is 644 Å². The molecule has 1 heterocycles. The van der Waals surface area contributed by atoms with Crippen LogP contribution in [-0.2, 0) is 68.7 Å². The fourth-order valence-electron chi connectivity index (χ4n) is 12.4. The van der Waals surface area contributed by atoms with E-state index in [-0.39, 0.29) is 119 Å². The molecule has 0 fully saturated rings. The van der Waals surface area contributed by atoms with Crippen molar-refractivity contribution in [3.05, 3.63) is 36.0 Å². The predicted octanol–water partition coefficient (Wildman–Crippen LogP) is -0.243. The number of aliphatic hydroxyl groups is 1. The van der Waals surface area contributed by atoms with Crippen LogP contribution in [0.5, 0.6) is 0 Å². The van der Waals surface area contributed by atoms with Gasteiger partial charge in [0.2, 0.25) is 76.8 Å². The lowest BCUT2D eigenvalue weighted by Gasteiger charge is -2.29. The predicted molar refractivity (Wildman–Crippen MR) is 419 cm³/mol. The molecule has 0 aliphatic rings. The number of carbonyl (C=O) groups excluding carboxylic acids is 13. The highest BCUT2D eigenvalue weighted by Gasteiger charge is 2.37. The molecular formula is C76H135N19O14. The second-order valence-electron chi connectivity index (χ2n) is 31.1. The number of carbonyl (C=O) groups is 13. The second-order valence-corrected chi connectivity index (χ2v) is 31.1. The van der Waals surface area contributed by atoms with Crippen LogP contribution in [0.4, 0.5) is 0 Å². The van der Waals surface area contributed by atoms with Crippen molar-refractivity contribution in [3.8, 4) is 0 Å². The third kappa shape index (κ3) is 37.7. The molecule has 0 saturated carbocycles. The van der Waals surface area contributed by atoms with Gasteiger partial charge in [-0.3, -0.25) is 62.3 Å². The van der Waals surface area contributed by atoms with Gasteiger partial charge in [0, 0.05) is 17.1 Å². The molecule has 618 valence electrons. The van der Waals surface area contributed by atoms with E-state index in [0.29, 0.717) is 64.5 Å². The van der Waals surface area contributed by atoms with E-state index in [4.69, 9.17) is 34.4 Å². The summed E-state index contributed by atoms with van der Waals surface area (Å²) in [5, 5.41) is 43.9. The SMILES string of the molecule is CC(C)C[C@H](NC(=O)[C@H](CC(C)C)NC(=O)[C@H](CCCCN)NC(=O)[C@H](CO)NC(=O)[C@H](CC(C)C)NC(=O)[C@H](CC(C)C)NC(=O)[C@H](CCCCN)NC(=O)[C@@H](N)Cc1c[nH]c2ccccc12)C(=O)NCC(=O)N[C@@H](CCCCN)C(=O)N[C@@H](CC(C)C)C(=O)N[C@@H](CC(C)C)C(=O)N[C@@H](CCCCN)C(N)=O. The summed E-state index contributed by atoms with van der Waals surface area (Å²) in [6.45, 7) is 21.4. The summed E-state index contributed by atoms with van der Waals surface area (Å²) in [5.74, 6) is -10.8. The molecule has 0 saturated heterocycles. The van der Waals surface area contributed by atoms with Crippen molar-refractivity contribution in [1.82, 2.24) is 68.8 Å². The lowest BCUT2D eigenvalue weighted by atomic mass is 9.99. The van der Waals surface area contributed by atoms with Crippen molar-refractivity contribution >= 4 is 87.7 Å². The largest absolute Gasteiger partial charge is 0.394 e. The van der Waals surface area contributed by atoms with Gasteiger partial charge in [0.15, 0.2) is 0 Å². The second kappa shape index (κ2) is 51.9. The highest BCUT2D eigenvalue weighted by molar-refractivity contribution is 5.99. The Hall–Kier alpha value is -8.37. The van der Waals surface area contributed by atoms with Crippen molar-refractivity contribution in [2.45, 2.75) is 278 Å². The van der Waals surface area contributed by atoms with Gasteiger partial charge in [-0.25, -0.2) is 0 Å². The smallest absolute Gasteiger partial charge is 0.245 e. The van der Waals surface area contributed by atoms with E-state index in [2.05, 4.69) is 68.8 Å². The molecule has 0 aliphatic carbocycles. The quantitative estimate of drug-likeness (QED) is 0.0380. The number of nitrogens with one attached hydrogen (secondary N) is 13. The maximum Gasteiger partial charge on any atom is 0.245 e. The lowest BCUT2D eigenvalue weighted by molar-refractivity contribution is -0.136. The molecule has 26 N–H and O–H groups in total. The number of primary amides is 1. The van der Waals surface area contributed by atoms with Crippen molar-refractivity contribution < 1.29 is 67.4 Å². The van der Waals surface area contributed by atoms with Crippen LogP contribution in [0.2, 0.25) is 0 Å². The first kappa shape index (κ1) is 96.7. The van der Waals surface area contributed by atoms with Gasteiger partial charge >= 0.3 is 0 Å². The average molecular weight is 1540 g/mol. The van der Waals surface area contributed by atoms with Gasteiger partial charge in [0.05, 0.1) is 19.2 Å². The van der Waals surface area contributed by atoms with Crippen LogP contribution in [0.3, 0.4) is 0 Å². The number of aromatic nitrogens is 1. The summed E-state index contributed by atoms with van der Waals surface area (Å²) in [7, 11) is 0. The summed E-state index contributed by atoms with van der Waals surface area (Å²) < 4.78 is 0. The lowest BCUT2D eigenvalue weighted by Crippen LogP contribution is -2.61. The molecular weight excluding hydrogens is 1400 g/mol. The fourth-order valence-corrected chi connectivity index (χ4v) is 12.4. The molecule has 13 amide bonds.